The van der Waals surface area contributed by atoms with Crippen molar-refractivity contribution in [2.75, 3.05) is 0 Å². The van der Waals surface area contributed by atoms with E-state index in [1.165, 1.54) is 0 Å². The number of fused-ring (bicyclic) bond motifs is 1. The highest BCUT2D eigenvalue weighted by Gasteiger charge is 2.22. The van der Waals surface area contributed by atoms with Crippen molar-refractivity contribution in [2.45, 2.75) is 13.5 Å². The van der Waals surface area contributed by atoms with E-state index in [-0.39, 0.29) is 5.91 Å². The molecular formula is C14H12N2O. The van der Waals surface area contributed by atoms with Crippen molar-refractivity contribution < 1.29 is 4.79 Å². The van der Waals surface area contributed by atoms with E-state index < -0.39 is 0 Å². The Bertz CT molecular complexity index is 591. The number of hydrogen-bond donors (Lipinski definition) is 1. The van der Waals surface area contributed by atoms with Gasteiger partial charge in [-0.1, -0.05) is 30.3 Å². The molecule has 0 unspecified atom stereocenters. The minimum absolute atomic E-state index is 0.00962. The summed E-state index contributed by atoms with van der Waals surface area (Å²) in [7, 11) is 0. The van der Waals surface area contributed by atoms with Gasteiger partial charge in [-0.3, -0.25) is 9.78 Å². The highest BCUT2D eigenvalue weighted by molar-refractivity contribution is 5.99. The molecule has 0 radical (unpaired) electrons. The van der Waals surface area contributed by atoms with E-state index in [2.05, 4.69) is 10.3 Å². The van der Waals surface area contributed by atoms with E-state index in [0.29, 0.717) is 6.54 Å². The van der Waals surface area contributed by atoms with Crippen LogP contribution in [-0.2, 0) is 6.54 Å². The number of nitrogens with zero attached hydrogens (tertiary/aromatic N) is 1. The van der Waals surface area contributed by atoms with Gasteiger partial charge in [0.15, 0.2) is 0 Å². The first-order chi connectivity index (χ1) is 8.25. The first kappa shape index (κ1) is 10.0. The van der Waals surface area contributed by atoms with Crippen molar-refractivity contribution in [3.8, 4) is 11.3 Å². The van der Waals surface area contributed by atoms with Gasteiger partial charge in [-0.15, -0.1) is 0 Å². The third-order valence-corrected chi connectivity index (χ3v) is 3.02. The van der Waals surface area contributed by atoms with E-state index in [4.69, 9.17) is 0 Å². The van der Waals surface area contributed by atoms with Gasteiger partial charge < -0.3 is 5.32 Å². The smallest absolute Gasteiger partial charge is 0.253 e. The van der Waals surface area contributed by atoms with Crippen molar-refractivity contribution in [3.63, 3.8) is 0 Å². The Balaban J connectivity index is 2.16. The average molecular weight is 224 g/mol. The Labute approximate surface area is 99.5 Å². The fraction of sp³-hybridized carbons (Fsp3) is 0.143. The summed E-state index contributed by atoms with van der Waals surface area (Å²) in [6, 6.07) is 12.0. The SMILES string of the molecule is Cc1nc(-c2ccccc2)cc2c1C(=O)NC2. The van der Waals surface area contributed by atoms with Gasteiger partial charge >= 0.3 is 0 Å². The van der Waals surface area contributed by atoms with Crippen LogP contribution >= 0.6 is 0 Å². The predicted octanol–water partition coefficient (Wildman–Crippen LogP) is 2.30. The maximum absolute atomic E-state index is 11.6. The highest BCUT2D eigenvalue weighted by Crippen LogP contribution is 2.24. The minimum atomic E-state index is -0.00962. The van der Waals surface area contributed by atoms with Crippen molar-refractivity contribution in [1.29, 1.82) is 0 Å². The van der Waals surface area contributed by atoms with E-state index in [1.807, 2.05) is 43.3 Å². The Morgan fingerprint density at radius 1 is 1.24 bits per heavy atom. The van der Waals surface area contributed by atoms with Crippen LogP contribution in [0.4, 0.5) is 0 Å². The number of aryl methyl sites for hydroxylation is 1. The van der Waals surface area contributed by atoms with E-state index in [0.717, 1.165) is 28.1 Å². The summed E-state index contributed by atoms with van der Waals surface area (Å²) in [5.41, 5.74) is 4.60. The molecule has 0 fully saturated rings. The Morgan fingerprint density at radius 2 is 2.00 bits per heavy atom. The largest absolute Gasteiger partial charge is 0.348 e. The summed E-state index contributed by atoms with van der Waals surface area (Å²) < 4.78 is 0. The molecule has 0 saturated heterocycles. The Kier molecular flexibility index (Phi) is 2.18. The maximum atomic E-state index is 11.6. The second kappa shape index (κ2) is 3.70. The van der Waals surface area contributed by atoms with E-state index in [9.17, 15) is 4.79 Å². The standard InChI is InChI=1S/C14H12N2O/c1-9-13-11(8-15-14(13)17)7-12(16-9)10-5-3-2-4-6-10/h2-7H,8H2,1H3,(H,15,17). The van der Waals surface area contributed by atoms with Crippen LogP contribution in [0.5, 0.6) is 0 Å². The molecule has 84 valence electrons. The molecular weight excluding hydrogens is 212 g/mol. The van der Waals surface area contributed by atoms with Gasteiger partial charge in [0.1, 0.15) is 0 Å². The van der Waals surface area contributed by atoms with Crippen molar-refractivity contribution in [3.05, 3.63) is 53.2 Å². The fourth-order valence-electron chi connectivity index (χ4n) is 2.21. The summed E-state index contributed by atoms with van der Waals surface area (Å²) in [6.07, 6.45) is 0. The molecule has 1 amide bonds. The molecule has 0 saturated carbocycles. The zero-order chi connectivity index (χ0) is 11.8. The van der Waals surface area contributed by atoms with Gasteiger partial charge in [-0.25, -0.2) is 0 Å². The first-order valence-electron chi connectivity index (χ1n) is 5.60. The third kappa shape index (κ3) is 1.60. The van der Waals surface area contributed by atoms with E-state index >= 15 is 0 Å². The van der Waals surface area contributed by atoms with Crippen LogP contribution in [0.2, 0.25) is 0 Å². The van der Waals surface area contributed by atoms with Crippen molar-refractivity contribution >= 4 is 5.91 Å². The summed E-state index contributed by atoms with van der Waals surface area (Å²) in [6.45, 7) is 2.49. The molecule has 2 heterocycles. The average Bonchev–Trinajstić information content (AvgIpc) is 2.73. The second-order valence-electron chi connectivity index (χ2n) is 4.18. The van der Waals surface area contributed by atoms with E-state index in [1.54, 1.807) is 0 Å². The lowest BCUT2D eigenvalue weighted by Crippen LogP contribution is -2.13. The second-order valence-corrected chi connectivity index (χ2v) is 4.18. The lowest BCUT2D eigenvalue weighted by molar-refractivity contribution is 0.0965. The molecule has 0 atom stereocenters. The van der Waals surface area contributed by atoms with Gasteiger partial charge in [0.05, 0.1) is 17.0 Å². The number of carbonyl (C=O) groups is 1. The molecule has 0 spiro atoms. The van der Waals surface area contributed by atoms with Crippen molar-refractivity contribution in [2.24, 2.45) is 0 Å². The third-order valence-electron chi connectivity index (χ3n) is 3.02. The lowest BCUT2D eigenvalue weighted by Gasteiger charge is -2.06. The predicted molar refractivity (Wildman–Crippen MR) is 65.6 cm³/mol. The van der Waals surface area contributed by atoms with Gasteiger partial charge in [0.2, 0.25) is 0 Å². The van der Waals surface area contributed by atoms with Gasteiger partial charge in [0, 0.05) is 12.1 Å². The molecule has 0 aliphatic carbocycles. The number of nitrogens with one attached hydrogen (secondary N) is 1. The highest BCUT2D eigenvalue weighted by atomic mass is 16.1. The normalized spacial score (nSPS) is 13.4. The minimum Gasteiger partial charge on any atom is -0.348 e. The molecule has 1 aliphatic heterocycles. The number of aromatic nitrogens is 1. The number of pyridine rings is 1. The molecule has 2 aromatic rings. The Morgan fingerprint density at radius 3 is 2.76 bits per heavy atom. The fourth-order valence-corrected chi connectivity index (χ4v) is 2.21. The quantitative estimate of drug-likeness (QED) is 0.807. The summed E-state index contributed by atoms with van der Waals surface area (Å²) in [5, 5.41) is 2.83. The molecule has 3 nitrogen and oxygen atoms in total. The first-order valence-corrected chi connectivity index (χ1v) is 5.60. The molecule has 1 aromatic heterocycles. The van der Waals surface area contributed by atoms with Crippen LogP contribution in [0, 0.1) is 6.92 Å². The van der Waals surface area contributed by atoms with Crippen LogP contribution < -0.4 is 5.32 Å². The number of amides is 1. The number of rotatable bonds is 1. The molecule has 0 bridgehead atoms. The number of hydrogen-bond acceptors (Lipinski definition) is 2. The maximum Gasteiger partial charge on any atom is 0.253 e. The molecule has 17 heavy (non-hydrogen) atoms. The van der Waals surface area contributed by atoms with Crippen molar-refractivity contribution in [1.82, 2.24) is 10.3 Å². The zero-order valence-corrected chi connectivity index (χ0v) is 9.53. The summed E-state index contributed by atoms with van der Waals surface area (Å²) >= 11 is 0. The van der Waals surface area contributed by atoms with Crippen LogP contribution in [0.1, 0.15) is 21.6 Å². The zero-order valence-electron chi connectivity index (χ0n) is 9.53. The molecule has 3 rings (SSSR count). The Hall–Kier alpha value is -2.16. The van der Waals surface area contributed by atoms with Crippen LogP contribution in [0.25, 0.3) is 11.3 Å². The summed E-state index contributed by atoms with van der Waals surface area (Å²) in [4.78, 5) is 16.1. The van der Waals surface area contributed by atoms with Crippen LogP contribution in [0.3, 0.4) is 0 Å². The van der Waals surface area contributed by atoms with Gasteiger partial charge in [0.25, 0.3) is 5.91 Å². The molecule has 1 aromatic carbocycles. The van der Waals surface area contributed by atoms with Crippen LogP contribution in [-0.4, -0.2) is 10.9 Å². The topological polar surface area (TPSA) is 42.0 Å². The molecule has 1 aliphatic rings. The number of carbonyl (C=O) groups excluding carboxylic acids is 1. The van der Waals surface area contributed by atoms with Crippen LogP contribution in [0.15, 0.2) is 36.4 Å². The lowest BCUT2D eigenvalue weighted by atomic mass is 10.0. The molecule has 1 N–H and O–H groups in total. The monoisotopic (exact) mass is 224 g/mol. The van der Waals surface area contributed by atoms with Gasteiger partial charge in [-0.05, 0) is 18.6 Å². The summed E-state index contributed by atoms with van der Waals surface area (Å²) in [5.74, 6) is -0.00962. The number of benzene rings is 1. The molecule has 3 heteroatoms. The van der Waals surface area contributed by atoms with Gasteiger partial charge in [-0.2, -0.15) is 0 Å².